The maximum Gasteiger partial charge on any atom is 0.248 e. The minimum atomic E-state index is -2.47. The maximum absolute atomic E-state index is 13.0. The summed E-state index contributed by atoms with van der Waals surface area (Å²) in [5.74, 6) is -2.47. The largest absolute Gasteiger partial charge is 0.376 e. The van der Waals surface area contributed by atoms with E-state index in [-0.39, 0.29) is 24.4 Å². The molecule has 2 unspecified atom stereocenters. The molecule has 1 aliphatic carbocycles. The fourth-order valence-electron chi connectivity index (χ4n) is 2.52. The average Bonchev–Trinajstić information content (AvgIpc) is 2.57. The topological polar surface area (TPSA) is 35.2 Å². The van der Waals surface area contributed by atoms with Crippen molar-refractivity contribution >= 4 is 0 Å². The van der Waals surface area contributed by atoms with Gasteiger partial charge in [-0.1, -0.05) is 0 Å². The molecule has 2 fully saturated rings. The van der Waals surface area contributed by atoms with E-state index in [4.69, 9.17) is 10.5 Å². The predicted molar refractivity (Wildman–Crippen MR) is 44.6 cm³/mol. The summed E-state index contributed by atoms with van der Waals surface area (Å²) in [5, 5.41) is 0. The van der Waals surface area contributed by atoms with Crippen LogP contribution in [0.5, 0.6) is 0 Å². The van der Waals surface area contributed by atoms with E-state index in [2.05, 4.69) is 0 Å². The second-order valence-corrected chi connectivity index (χ2v) is 4.41. The second-order valence-electron chi connectivity index (χ2n) is 4.41. The van der Waals surface area contributed by atoms with Gasteiger partial charge in [0.25, 0.3) is 0 Å². The second kappa shape index (κ2) is 2.89. The molecule has 0 radical (unpaired) electrons. The van der Waals surface area contributed by atoms with E-state index in [0.29, 0.717) is 19.6 Å². The predicted octanol–water partition coefficient (Wildman–Crippen LogP) is 1.54. The highest BCUT2D eigenvalue weighted by molar-refractivity contribution is 4.98. The molecule has 0 aromatic heterocycles. The number of hydrogen-bond donors (Lipinski definition) is 1. The lowest BCUT2D eigenvalue weighted by molar-refractivity contribution is -0.00542. The Morgan fingerprint density at radius 2 is 2.15 bits per heavy atom. The zero-order valence-corrected chi connectivity index (χ0v) is 7.56. The summed E-state index contributed by atoms with van der Waals surface area (Å²) >= 11 is 0. The third-order valence-corrected chi connectivity index (χ3v) is 3.20. The molecular formula is C9H15F2NO. The highest BCUT2D eigenvalue weighted by Crippen LogP contribution is 2.52. The van der Waals surface area contributed by atoms with Gasteiger partial charge in [-0.2, -0.15) is 0 Å². The molecule has 1 heterocycles. The standard InChI is InChI=1S/C9H15F2NO/c10-9(11)2-1-8(5-9)3-7(4-12)13-6-8/h7H,1-6,12H2. The van der Waals surface area contributed by atoms with E-state index >= 15 is 0 Å². The first-order chi connectivity index (χ1) is 6.05. The van der Waals surface area contributed by atoms with Crippen LogP contribution in [-0.2, 0) is 4.74 Å². The number of rotatable bonds is 1. The Balaban J connectivity index is 2.01. The molecule has 1 saturated heterocycles. The van der Waals surface area contributed by atoms with Crippen molar-refractivity contribution < 1.29 is 13.5 Å². The van der Waals surface area contributed by atoms with Crippen molar-refractivity contribution in [2.75, 3.05) is 13.2 Å². The fourth-order valence-corrected chi connectivity index (χ4v) is 2.52. The number of hydrogen-bond acceptors (Lipinski definition) is 2. The van der Waals surface area contributed by atoms with Gasteiger partial charge in [-0.3, -0.25) is 0 Å². The molecule has 2 N–H and O–H groups in total. The molecular weight excluding hydrogens is 176 g/mol. The number of ether oxygens (including phenoxy) is 1. The van der Waals surface area contributed by atoms with Gasteiger partial charge in [0.2, 0.25) is 5.92 Å². The highest BCUT2D eigenvalue weighted by Gasteiger charge is 2.52. The fraction of sp³-hybridized carbons (Fsp3) is 1.00. The van der Waals surface area contributed by atoms with E-state index in [1.165, 1.54) is 0 Å². The van der Waals surface area contributed by atoms with E-state index in [1.54, 1.807) is 0 Å². The summed E-state index contributed by atoms with van der Waals surface area (Å²) in [5.41, 5.74) is 5.18. The molecule has 0 bridgehead atoms. The molecule has 2 rings (SSSR count). The molecule has 13 heavy (non-hydrogen) atoms. The quantitative estimate of drug-likeness (QED) is 0.682. The first kappa shape index (κ1) is 9.34. The van der Waals surface area contributed by atoms with Gasteiger partial charge in [0, 0.05) is 24.8 Å². The SMILES string of the molecule is NCC1CC2(CCC(F)(F)C2)CO1. The van der Waals surface area contributed by atoms with Crippen molar-refractivity contribution in [3.63, 3.8) is 0 Å². The first-order valence-electron chi connectivity index (χ1n) is 4.75. The van der Waals surface area contributed by atoms with Gasteiger partial charge in [-0.05, 0) is 12.8 Å². The average molecular weight is 191 g/mol. The molecule has 2 nitrogen and oxygen atoms in total. The van der Waals surface area contributed by atoms with Crippen LogP contribution in [0.25, 0.3) is 0 Å². The third-order valence-electron chi connectivity index (χ3n) is 3.20. The van der Waals surface area contributed by atoms with E-state index in [9.17, 15) is 8.78 Å². The Bertz CT molecular complexity index is 210. The summed E-state index contributed by atoms with van der Waals surface area (Å²) in [6.45, 7) is 0.928. The summed E-state index contributed by atoms with van der Waals surface area (Å²) in [4.78, 5) is 0. The van der Waals surface area contributed by atoms with E-state index < -0.39 is 5.92 Å². The van der Waals surface area contributed by atoms with Gasteiger partial charge in [0.1, 0.15) is 0 Å². The Hall–Kier alpha value is -0.220. The molecule has 4 heteroatoms. The summed E-state index contributed by atoms with van der Waals surface area (Å²) in [6, 6.07) is 0. The Morgan fingerprint density at radius 1 is 1.38 bits per heavy atom. The van der Waals surface area contributed by atoms with Crippen LogP contribution < -0.4 is 5.73 Å². The van der Waals surface area contributed by atoms with Crippen molar-refractivity contribution in [2.24, 2.45) is 11.1 Å². The van der Waals surface area contributed by atoms with Crippen LogP contribution in [-0.4, -0.2) is 25.2 Å². The van der Waals surface area contributed by atoms with Crippen LogP contribution in [0.3, 0.4) is 0 Å². The summed E-state index contributed by atoms with van der Waals surface area (Å²) in [6.07, 6.45) is 1.34. The van der Waals surface area contributed by atoms with Crippen molar-refractivity contribution in [3.8, 4) is 0 Å². The molecule has 1 saturated carbocycles. The van der Waals surface area contributed by atoms with Crippen molar-refractivity contribution in [3.05, 3.63) is 0 Å². The molecule has 1 spiro atoms. The van der Waals surface area contributed by atoms with Crippen LogP contribution in [0.4, 0.5) is 8.78 Å². The zero-order chi connectivity index (χ0) is 9.53. The van der Waals surface area contributed by atoms with Crippen LogP contribution in [0.1, 0.15) is 25.7 Å². The molecule has 0 aromatic rings. The lowest BCUT2D eigenvalue weighted by Crippen LogP contribution is -2.22. The Kier molecular flexibility index (Phi) is 2.07. The van der Waals surface area contributed by atoms with Crippen LogP contribution in [0.2, 0.25) is 0 Å². The minimum absolute atomic E-state index is 0.00347. The van der Waals surface area contributed by atoms with Gasteiger partial charge in [-0.15, -0.1) is 0 Å². The normalized spacial score (nSPS) is 43.2. The van der Waals surface area contributed by atoms with Crippen molar-refractivity contribution in [1.29, 1.82) is 0 Å². The number of nitrogens with two attached hydrogens (primary N) is 1. The summed E-state index contributed by atoms with van der Waals surface area (Å²) in [7, 11) is 0. The van der Waals surface area contributed by atoms with Crippen LogP contribution >= 0.6 is 0 Å². The lowest BCUT2D eigenvalue weighted by Gasteiger charge is -2.20. The molecule has 2 aliphatic rings. The minimum Gasteiger partial charge on any atom is -0.376 e. The van der Waals surface area contributed by atoms with Crippen molar-refractivity contribution in [1.82, 2.24) is 0 Å². The zero-order valence-electron chi connectivity index (χ0n) is 7.56. The van der Waals surface area contributed by atoms with Gasteiger partial charge in [0.05, 0.1) is 12.7 Å². The maximum atomic E-state index is 13.0. The van der Waals surface area contributed by atoms with Gasteiger partial charge in [0.15, 0.2) is 0 Å². The number of alkyl halides is 2. The van der Waals surface area contributed by atoms with E-state index in [0.717, 1.165) is 6.42 Å². The highest BCUT2D eigenvalue weighted by atomic mass is 19.3. The van der Waals surface area contributed by atoms with Gasteiger partial charge >= 0.3 is 0 Å². The van der Waals surface area contributed by atoms with Gasteiger partial charge < -0.3 is 10.5 Å². The molecule has 2 atom stereocenters. The third kappa shape index (κ3) is 1.70. The molecule has 0 aromatic carbocycles. The Morgan fingerprint density at radius 3 is 2.62 bits per heavy atom. The van der Waals surface area contributed by atoms with Gasteiger partial charge in [-0.25, -0.2) is 8.78 Å². The van der Waals surface area contributed by atoms with Crippen LogP contribution in [0.15, 0.2) is 0 Å². The smallest absolute Gasteiger partial charge is 0.248 e. The Labute approximate surface area is 76.4 Å². The molecule has 1 aliphatic heterocycles. The monoisotopic (exact) mass is 191 g/mol. The lowest BCUT2D eigenvalue weighted by atomic mass is 9.84. The van der Waals surface area contributed by atoms with E-state index in [1.807, 2.05) is 0 Å². The molecule has 76 valence electrons. The molecule has 0 amide bonds. The number of halogens is 2. The first-order valence-corrected chi connectivity index (χ1v) is 4.75. The van der Waals surface area contributed by atoms with Crippen LogP contribution in [0, 0.1) is 5.41 Å². The summed E-state index contributed by atoms with van der Waals surface area (Å²) < 4.78 is 31.3. The van der Waals surface area contributed by atoms with Crippen molar-refractivity contribution in [2.45, 2.75) is 37.7 Å².